The van der Waals surface area contributed by atoms with Gasteiger partial charge in [0, 0.05) is 30.1 Å². The highest BCUT2D eigenvalue weighted by Crippen LogP contribution is 2.19. The molecule has 2 aromatic heterocycles. The normalized spacial score (nSPS) is 11.1. The van der Waals surface area contributed by atoms with Crippen molar-refractivity contribution in [1.82, 2.24) is 3.96 Å². The van der Waals surface area contributed by atoms with E-state index in [0.717, 1.165) is 15.5 Å². The van der Waals surface area contributed by atoms with Crippen molar-refractivity contribution in [1.29, 1.82) is 0 Å². The molecule has 0 fully saturated rings. The molecule has 4 rings (SSSR count). The van der Waals surface area contributed by atoms with Crippen LogP contribution in [0.1, 0.15) is 12.8 Å². The van der Waals surface area contributed by atoms with E-state index in [-0.39, 0.29) is 11.5 Å². The van der Waals surface area contributed by atoms with Gasteiger partial charge in [-0.1, -0.05) is 23.7 Å². The minimum atomic E-state index is -0.407. The van der Waals surface area contributed by atoms with Gasteiger partial charge in [-0.3, -0.25) is 13.5 Å². The van der Waals surface area contributed by atoms with Crippen LogP contribution in [-0.2, 0) is 11.3 Å². The number of carbonyl (C=O) groups is 1. The fourth-order valence-corrected chi connectivity index (χ4v) is 3.95. The standard InChI is InChI=1S/C20H16N2O4S/c23-18(21-14-8-9-16-13(12-14)7-10-19(24)26-16)6-3-11-22-20(25)15-4-1-2-5-17(15)27-22/h1-2,4-5,7-10,12H,3,6,11H2,(H,21,23). The van der Waals surface area contributed by atoms with Gasteiger partial charge < -0.3 is 9.73 Å². The molecular formula is C20H16N2O4S. The molecule has 0 spiro atoms. The lowest BCUT2D eigenvalue weighted by Crippen LogP contribution is -2.16. The number of amides is 1. The average molecular weight is 380 g/mol. The highest BCUT2D eigenvalue weighted by molar-refractivity contribution is 7.13. The third kappa shape index (κ3) is 3.68. The molecule has 0 aliphatic carbocycles. The molecule has 1 N–H and O–H groups in total. The summed E-state index contributed by atoms with van der Waals surface area (Å²) in [6.45, 7) is 0.508. The molecule has 2 heterocycles. The molecular weight excluding hydrogens is 364 g/mol. The smallest absolute Gasteiger partial charge is 0.336 e. The number of fused-ring (bicyclic) bond motifs is 2. The number of aryl methyl sites for hydroxylation is 1. The summed E-state index contributed by atoms with van der Waals surface area (Å²) < 4.78 is 7.72. The SMILES string of the molecule is O=C(CCCn1sc2ccccc2c1=O)Nc1ccc2oc(=O)ccc2c1. The summed E-state index contributed by atoms with van der Waals surface area (Å²) >= 11 is 1.42. The Labute approximate surface area is 157 Å². The van der Waals surface area contributed by atoms with Gasteiger partial charge in [0.1, 0.15) is 5.58 Å². The van der Waals surface area contributed by atoms with Crippen LogP contribution < -0.4 is 16.5 Å². The Balaban J connectivity index is 1.38. The molecule has 6 nitrogen and oxygen atoms in total. The van der Waals surface area contributed by atoms with Gasteiger partial charge in [-0.2, -0.15) is 0 Å². The lowest BCUT2D eigenvalue weighted by Gasteiger charge is -2.06. The van der Waals surface area contributed by atoms with Crippen molar-refractivity contribution in [2.24, 2.45) is 0 Å². The molecule has 0 radical (unpaired) electrons. The summed E-state index contributed by atoms with van der Waals surface area (Å²) in [4.78, 5) is 35.7. The lowest BCUT2D eigenvalue weighted by atomic mass is 10.2. The molecule has 4 aromatic rings. The molecule has 7 heteroatoms. The first-order valence-corrected chi connectivity index (χ1v) is 9.30. The summed E-state index contributed by atoms with van der Waals surface area (Å²) in [7, 11) is 0. The number of nitrogens with zero attached hydrogens (tertiary/aromatic N) is 1. The Morgan fingerprint density at radius 2 is 1.93 bits per heavy atom. The van der Waals surface area contributed by atoms with Gasteiger partial charge in [-0.15, -0.1) is 0 Å². The van der Waals surface area contributed by atoms with E-state index in [1.807, 2.05) is 24.3 Å². The van der Waals surface area contributed by atoms with Crippen molar-refractivity contribution in [3.05, 3.63) is 75.4 Å². The fourth-order valence-electron chi connectivity index (χ4n) is 2.92. The van der Waals surface area contributed by atoms with Crippen molar-refractivity contribution in [2.45, 2.75) is 19.4 Å². The van der Waals surface area contributed by atoms with Crippen LogP contribution in [0.4, 0.5) is 5.69 Å². The molecule has 0 atom stereocenters. The van der Waals surface area contributed by atoms with Gasteiger partial charge in [-0.05, 0) is 42.8 Å². The molecule has 0 unspecified atom stereocenters. The maximum Gasteiger partial charge on any atom is 0.336 e. The average Bonchev–Trinajstić information content (AvgIpc) is 2.98. The van der Waals surface area contributed by atoms with E-state index >= 15 is 0 Å². The van der Waals surface area contributed by atoms with Crippen LogP contribution in [0, 0.1) is 0 Å². The van der Waals surface area contributed by atoms with Gasteiger partial charge in [0.15, 0.2) is 0 Å². The lowest BCUT2D eigenvalue weighted by molar-refractivity contribution is -0.116. The van der Waals surface area contributed by atoms with Crippen LogP contribution in [0.25, 0.3) is 21.1 Å². The summed E-state index contributed by atoms with van der Waals surface area (Å²) in [6, 6.07) is 15.6. The Hall–Kier alpha value is -3.19. The number of rotatable bonds is 5. The van der Waals surface area contributed by atoms with Crippen LogP contribution in [0.2, 0.25) is 0 Å². The van der Waals surface area contributed by atoms with Gasteiger partial charge in [0.05, 0.1) is 10.1 Å². The topological polar surface area (TPSA) is 81.3 Å². The Morgan fingerprint density at radius 1 is 1.07 bits per heavy atom. The minimum Gasteiger partial charge on any atom is -0.423 e. The summed E-state index contributed by atoms with van der Waals surface area (Å²) in [5.74, 6) is -0.124. The predicted molar refractivity (Wildman–Crippen MR) is 106 cm³/mol. The van der Waals surface area contributed by atoms with Crippen molar-refractivity contribution < 1.29 is 9.21 Å². The highest BCUT2D eigenvalue weighted by Gasteiger charge is 2.08. The first-order chi connectivity index (χ1) is 13.1. The summed E-state index contributed by atoms with van der Waals surface area (Å²) in [5, 5.41) is 4.29. The zero-order valence-corrected chi connectivity index (χ0v) is 15.1. The quantitative estimate of drug-likeness (QED) is 0.537. The second kappa shape index (κ2) is 7.20. The summed E-state index contributed by atoms with van der Waals surface area (Å²) in [6.07, 6.45) is 0.879. The first-order valence-electron chi connectivity index (χ1n) is 8.53. The van der Waals surface area contributed by atoms with Gasteiger partial charge in [0.25, 0.3) is 5.56 Å². The molecule has 2 aromatic carbocycles. The molecule has 27 heavy (non-hydrogen) atoms. The Bertz CT molecular complexity index is 1250. The number of benzene rings is 2. The maximum absolute atomic E-state index is 12.3. The first kappa shape index (κ1) is 17.2. The van der Waals surface area contributed by atoms with Crippen molar-refractivity contribution in [3.8, 4) is 0 Å². The summed E-state index contributed by atoms with van der Waals surface area (Å²) in [5.41, 5.74) is 0.702. The molecule has 0 bridgehead atoms. The molecule has 0 saturated carbocycles. The highest BCUT2D eigenvalue weighted by atomic mass is 32.1. The zero-order chi connectivity index (χ0) is 18.8. The molecule has 0 aliphatic heterocycles. The second-order valence-electron chi connectivity index (χ2n) is 6.15. The number of hydrogen-bond acceptors (Lipinski definition) is 5. The van der Waals surface area contributed by atoms with Crippen LogP contribution >= 0.6 is 11.5 Å². The fraction of sp³-hybridized carbons (Fsp3) is 0.150. The Kier molecular flexibility index (Phi) is 4.60. The largest absolute Gasteiger partial charge is 0.423 e. The zero-order valence-electron chi connectivity index (χ0n) is 14.3. The van der Waals surface area contributed by atoms with E-state index in [2.05, 4.69) is 5.32 Å². The third-order valence-electron chi connectivity index (χ3n) is 4.22. The number of anilines is 1. The van der Waals surface area contributed by atoms with Crippen LogP contribution in [0.5, 0.6) is 0 Å². The number of aromatic nitrogens is 1. The molecule has 0 aliphatic rings. The van der Waals surface area contributed by atoms with E-state index in [1.165, 1.54) is 17.6 Å². The monoisotopic (exact) mass is 380 g/mol. The van der Waals surface area contributed by atoms with E-state index in [0.29, 0.717) is 30.7 Å². The van der Waals surface area contributed by atoms with E-state index < -0.39 is 5.63 Å². The van der Waals surface area contributed by atoms with E-state index in [4.69, 9.17) is 4.42 Å². The maximum atomic E-state index is 12.3. The Morgan fingerprint density at radius 3 is 2.78 bits per heavy atom. The van der Waals surface area contributed by atoms with Gasteiger partial charge in [-0.25, -0.2) is 4.79 Å². The van der Waals surface area contributed by atoms with Gasteiger partial charge >= 0.3 is 5.63 Å². The van der Waals surface area contributed by atoms with Gasteiger partial charge in [0.2, 0.25) is 5.91 Å². The van der Waals surface area contributed by atoms with Crippen molar-refractivity contribution >= 4 is 44.2 Å². The van der Waals surface area contributed by atoms with E-state index in [9.17, 15) is 14.4 Å². The molecule has 0 saturated heterocycles. The predicted octanol–water partition coefficient (Wildman–Crippen LogP) is 3.59. The molecule has 1 amide bonds. The van der Waals surface area contributed by atoms with Crippen LogP contribution in [0.3, 0.4) is 0 Å². The van der Waals surface area contributed by atoms with Crippen LogP contribution in [0.15, 0.2) is 68.6 Å². The third-order valence-corrected chi connectivity index (χ3v) is 5.34. The van der Waals surface area contributed by atoms with E-state index in [1.54, 1.807) is 28.2 Å². The van der Waals surface area contributed by atoms with Crippen molar-refractivity contribution in [3.63, 3.8) is 0 Å². The second-order valence-corrected chi connectivity index (χ2v) is 7.22. The number of hydrogen-bond donors (Lipinski definition) is 1. The number of nitrogens with one attached hydrogen (secondary N) is 1. The minimum absolute atomic E-state index is 0.00738. The number of carbonyl (C=O) groups excluding carboxylic acids is 1. The van der Waals surface area contributed by atoms with Crippen LogP contribution in [-0.4, -0.2) is 9.86 Å². The van der Waals surface area contributed by atoms with Crippen molar-refractivity contribution in [2.75, 3.05) is 5.32 Å². The molecule has 136 valence electrons.